The third-order valence-corrected chi connectivity index (χ3v) is 3.30. The minimum atomic E-state index is -0.523. The van der Waals surface area contributed by atoms with Crippen molar-refractivity contribution < 1.29 is 9.21 Å². The zero-order valence-corrected chi connectivity index (χ0v) is 12.5. The molecule has 1 aliphatic rings. The molecule has 3 N–H and O–H groups in total. The van der Waals surface area contributed by atoms with Crippen LogP contribution in [-0.2, 0) is 4.79 Å². The molecule has 0 unspecified atom stereocenters. The molecule has 21 heavy (non-hydrogen) atoms. The van der Waals surface area contributed by atoms with Crippen molar-refractivity contribution in [2.45, 2.75) is 31.7 Å². The van der Waals surface area contributed by atoms with Gasteiger partial charge < -0.3 is 15.5 Å². The average molecular weight is 308 g/mol. The summed E-state index contributed by atoms with van der Waals surface area (Å²) in [5.41, 5.74) is 7.17. The Kier molecular flexibility index (Phi) is 4.65. The van der Waals surface area contributed by atoms with Crippen LogP contribution < -0.4 is 11.1 Å². The number of nitrogens with two attached hydrogens (primary N) is 1. The van der Waals surface area contributed by atoms with Gasteiger partial charge in [-0.1, -0.05) is 0 Å². The van der Waals surface area contributed by atoms with Gasteiger partial charge in [-0.15, -0.1) is 12.4 Å². The zero-order valence-electron chi connectivity index (χ0n) is 11.7. The Labute approximate surface area is 129 Å². The molecule has 0 aliphatic heterocycles. The summed E-state index contributed by atoms with van der Waals surface area (Å²) in [4.78, 5) is 15.8. The summed E-state index contributed by atoms with van der Waals surface area (Å²) in [6.07, 6.45) is 4.09. The Morgan fingerprint density at radius 3 is 2.62 bits per heavy atom. The highest BCUT2D eigenvalue weighted by Gasteiger charge is 2.28. The van der Waals surface area contributed by atoms with Crippen LogP contribution in [0.1, 0.15) is 31.6 Å². The topological polar surface area (TPSA) is 81.2 Å². The quantitative estimate of drug-likeness (QED) is 0.910. The number of carbonyl (C=O) groups excluding carboxylic acids is 1. The Bertz CT molecular complexity index is 618. The van der Waals surface area contributed by atoms with Gasteiger partial charge in [-0.25, -0.2) is 4.98 Å². The van der Waals surface area contributed by atoms with Crippen LogP contribution in [0.25, 0.3) is 11.3 Å². The van der Waals surface area contributed by atoms with Crippen LogP contribution >= 0.6 is 12.4 Å². The van der Waals surface area contributed by atoms with E-state index in [-0.39, 0.29) is 18.3 Å². The molecule has 1 amide bonds. The fourth-order valence-electron chi connectivity index (χ4n) is 1.91. The van der Waals surface area contributed by atoms with E-state index in [2.05, 4.69) is 10.3 Å². The van der Waals surface area contributed by atoms with Gasteiger partial charge in [0.2, 0.25) is 5.91 Å². The highest BCUT2D eigenvalue weighted by Crippen LogP contribution is 2.40. The van der Waals surface area contributed by atoms with Crippen molar-refractivity contribution in [3.63, 3.8) is 0 Å². The van der Waals surface area contributed by atoms with Crippen LogP contribution in [0, 0.1) is 0 Å². The predicted octanol–water partition coefficient (Wildman–Crippen LogP) is 2.93. The van der Waals surface area contributed by atoms with Gasteiger partial charge in [-0.2, -0.15) is 0 Å². The molecule has 0 saturated heterocycles. The number of hydrogen-bond donors (Lipinski definition) is 2. The Morgan fingerprint density at radius 1 is 1.38 bits per heavy atom. The number of rotatable bonds is 4. The molecule has 1 heterocycles. The number of halogens is 1. The molecule has 1 saturated carbocycles. The molecule has 1 aromatic carbocycles. The van der Waals surface area contributed by atoms with Crippen LogP contribution in [0.4, 0.5) is 5.69 Å². The molecule has 0 bridgehead atoms. The molecular formula is C15H18ClN3O2. The zero-order chi connectivity index (χ0) is 14.1. The van der Waals surface area contributed by atoms with Crippen molar-refractivity contribution in [2.24, 2.45) is 5.73 Å². The number of nitrogens with one attached hydrogen (secondary N) is 1. The average Bonchev–Trinajstić information content (AvgIpc) is 3.17. The highest BCUT2D eigenvalue weighted by molar-refractivity contribution is 5.94. The molecule has 1 aromatic heterocycles. The number of nitrogens with zero attached hydrogens (tertiary/aromatic N) is 1. The summed E-state index contributed by atoms with van der Waals surface area (Å²) in [7, 11) is 0. The molecule has 5 nitrogen and oxygen atoms in total. The van der Waals surface area contributed by atoms with Crippen molar-refractivity contribution in [1.29, 1.82) is 0 Å². The largest absolute Gasteiger partial charge is 0.440 e. The minimum absolute atomic E-state index is 0. The standard InChI is InChI=1S/C15H17N3O2.ClH/c1-9(16)14(19)18-12-6-4-10(5-7-12)13-8-17-15(20-13)11-2-3-11;/h4-9,11H,2-3,16H2,1H3,(H,18,19);1H/t9-;/m0./s1. The molecule has 0 radical (unpaired) electrons. The monoisotopic (exact) mass is 307 g/mol. The third-order valence-electron chi connectivity index (χ3n) is 3.30. The van der Waals surface area contributed by atoms with Gasteiger partial charge in [0.15, 0.2) is 11.7 Å². The molecule has 1 aliphatic carbocycles. The summed E-state index contributed by atoms with van der Waals surface area (Å²) >= 11 is 0. The van der Waals surface area contributed by atoms with Crippen LogP contribution in [-0.4, -0.2) is 16.9 Å². The van der Waals surface area contributed by atoms with Crippen molar-refractivity contribution in [1.82, 2.24) is 4.98 Å². The number of benzene rings is 1. The first-order chi connectivity index (χ1) is 9.63. The van der Waals surface area contributed by atoms with Crippen molar-refractivity contribution >= 4 is 24.0 Å². The van der Waals surface area contributed by atoms with Crippen LogP contribution in [0.2, 0.25) is 0 Å². The second-order valence-electron chi connectivity index (χ2n) is 5.19. The van der Waals surface area contributed by atoms with Gasteiger partial charge >= 0.3 is 0 Å². The second-order valence-corrected chi connectivity index (χ2v) is 5.19. The highest BCUT2D eigenvalue weighted by atomic mass is 35.5. The smallest absolute Gasteiger partial charge is 0.240 e. The first kappa shape index (κ1) is 15.5. The number of aromatic nitrogens is 1. The lowest BCUT2D eigenvalue weighted by Crippen LogP contribution is -2.32. The lowest BCUT2D eigenvalue weighted by atomic mass is 10.1. The summed E-state index contributed by atoms with van der Waals surface area (Å²) < 4.78 is 5.73. The number of oxazole rings is 1. The number of hydrogen-bond acceptors (Lipinski definition) is 4. The van der Waals surface area contributed by atoms with E-state index in [9.17, 15) is 4.79 Å². The Hall–Kier alpha value is -1.85. The molecule has 6 heteroatoms. The summed E-state index contributed by atoms with van der Waals surface area (Å²) in [6.45, 7) is 1.65. The lowest BCUT2D eigenvalue weighted by molar-refractivity contribution is -0.117. The molecule has 0 spiro atoms. The molecule has 1 fully saturated rings. The SMILES string of the molecule is C[C@H](N)C(=O)Nc1ccc(-c2cnc(C3CC3)o2)cc1.Cl. The van der Waals surface area contributed by atoms with E-state index in [1.165, 1.54) is 12.8 Å². The van der Waals surface area contributed by atoms with Gasteiger partial charge in [-0.05, 0) is 44.0 Å². The first-order valence-electron chi connectivity index (χ1n) is 6.76. The van der Waals surface area contributed by atoms with E-state index in [0.717, 1.165) is 22.9 Å². The molecule has 1 atom stereocenters. The minimum Gasteiger partial charge on any atom is -0.440 e. The van der Waals surface area contributed by atoms with Crippen LogP contribution in [0.3, 0.4) is 0 Å². The van der Waals surface area contributed by atoms with E-state index in [1.807, 2.05) is 24.3 Å². The fraction of sp³-hybridized carbons (Fsp3) is 0.333. The summed E-state index contributed by atoms with van der Waals surface area (Å²) in [5.74, 6) is 1.90. The van der Waals surface area contributed by atoms with Gasteiger partial charge in [0.05, 0.1) is 12.2 Å². The fourth-order valence-corrected chi connectivity index (χ4v) is 1.91. The Morgan fingerprint density at radius 2 is 2.05 bits per heavy atom. The maximum Gasteiger partial charge on any atom is 0.240 e. The predicted molar refractivity (Wildman–Crippen MR) is 83.4 cm³/mol. The maximum atomic E-state index is 11.5. The van der Waals surface area contributed by atoms with Gasteiger partial charge in [0, 0.05) is 17.2 Å². The van der Waals surface area contributed by atoms with E-state index in [1.54, 1.807) is 13.1 Å². The molecule has 112 valence electrons. The van der Waals surface area contributed by atoms with E-state index >= 15 is 0 Å². The van der Waals surface area contributed by atoms with Crippen LogP contribution in [0.5, 0.6) is 0 Å². The molecule has 3 rings (SSSR count). The van der Waals surface area contributed by atoms with E-state index in [0.29, 0.717) is 5.92 Å². The Balaban J connectivity index is 0.00000161. The van der Waals surface area contributed by atoms with E-state index < -0.39 is 6.04 Å². The van der Waals surface area contributed by atoms with Crippen LogP contribution in [0.15, 0.2) is 34.9 Å². The van der Waals surface area contributed by atoms with E-state index in [4.69, 9.17) is 10.2 Å². The maximum absolute atomic E-state index is 11.5. The number of amides is 1. The lowest BCUT2D eigenvalue weighted by Gasteiger charge is -2.07. The number of carbonyl (C=O) groups is 1. The number of anilines is 1. The third kappa shape index (κ3) is 3.62. The van der Waals surface area contributed by atoms with Crippen molar-refractivity contribution in [3.05, 3.63) is 36.4 Å². The van der Waals surface area contributed by atoms with Crippen molar-refractivity contribution in [3.8, 4) is 11.3 Å². The van der Waals surface area contributed by atoms with Gasteiger partial charge in [-0.3, -0.25) is 4.79 Å². The first-order valence-corrected chi connectivity index (χ1v) is 6.76. The second kappa shape index (κ2) is 6.28. The van der Waals surface area contributed by atoms with Gasteiger partial charge in [0.25, 0.3) is 0 Å². The molecular weight excluding hydrogens is 290 g/mol. The summed E-state index contributed by atoms with van der Waals surface area (Å²) in [5, 5.41) is 2.74. The summed E-state index contributed by atoms with van der Waals surface area (Å²) in [6, 6.07) is 6.93. The normalized spacial score (nSPS) is 15.1. The van der Waals surface area contributed by atoms with Gasteiger partial charge in [0.1, 0.15) is 0 Å². The molecule has 2 aromatic rings. The van der Waals surface area contributed by atoms with Crippen molar-refractivity contribution in [2.75, 3.05) is 5.32 Å².